The number of ether oxygens (including phenoxy) is 1. The van der Waals surface area contributed by atoms with Crippen LogP contribution in [0.15, 0.2) is 29.3 Å². The normalized spacial score (nSPS) is 11.6. The summed E-state index contributed by atoms with van der Waals surface area (Å²) in [6.07, 6.45) is 0. The van der Waals surface area contributed by atoms with Gasteiger partial charge >= 0.3 is 0 Å². The fraction of sp³-hybridized carbons (Fsp3) is 0.200. The maximum absolute atomic E-state index is 5.89. The summed E-state index contributed by atoms with van der Waals surface area (Å²) < 4.78 is 5.40. The maximum atomic E-state index is 5.89. The topological polar surface area (TPSA) is 9.23 Å². The van der Waals surface area contributed by atoms with Crippen LogP contribution >= 0.6 is 34.8 Å². The van der Waals surface area contributed by atoms with Gasteiger partial charge in [0, 0.05) is 16.6 Å². The van der Waals surface area contributed by atoms with Gasteiger partial charge in [0.25, 0.3) is 0 Å². The lowest BCUT2D eigenvalue weighted by Crippen LogP contribution is -1.98. The molecule has 0 aliphatic carbocycles. The Labute approximate surface area is 98.2 Å². The molecule has 0 aliphatic heterocycles. The zero-order valence-corrected chi connectivity index (χ0v) is 9.83. The van der Waals surface area contributed by atoms with Gasteiger partial charge in [0.15, 0.2) is 0 Å². The highest BCUT2D eigenvalue weighted by molar-refractivity contribution is 6.34. The second-order valence-corrected chi connectivity index (χ2v) is 3.88. The largest absolute Gasteiger partial charge is 0.488 e. The summed E-state index contributed by atoms with van der Waals surface area (Å²) in [5, 5.41) is 1.13. The van der Waals surface area contributed by atoms with E-state index in [9.17, 15) is 0 Å². The fourth-order valence-corrected chi connectivity index (χ4v) is 1.21. The fourth-order valence-electron chi connectivity index (χ4n) is 0.811. The van der Waals surface area contributed by atoms with Gasteiger partial charge in [0.05, 0.1) is 5.02 Å². The molecule has 0 heterocycles. The number of hydrogen-bond acceptors (Lipinski definition) is 1. The van der Waals surface area contributed by atoms with E-state index in [1.54, 1.807) is 18.2 Å². The van der Waals surface area contributed by atoms with Crippen molar-refractivity contribution in [3.8, 4) is 5.75 Å². The third kappa shape index (κ3) is 3.41. The van der Waals surface area contributed by atoms with Gasteiger partial charge in [-0.25, -0.2) is 0 Å². The molecule has 76 valence electrons. The van der Waals surface area contributed by atoms with Crippen LogP contribution in [-0.2, 0) is 0 Å². The third-order valence-corrected chi connectivity index (χ3v) is 2.45. The molecule has 14 heavy (non-hydrogen) atoms. The number of halogens is 3. The average molecular weight is 252 g/mol. The van der Waals surface area contributed by atoms with Crippen molar-refractivity contribution >= 4 is 34.8 Å². The Bertz CT molecular complexity index is 347. The molecule has 1 nitrogen and oxygen atoms in total. The van der Waals surface area contributed by atoms with Crippen molar-refractivity contribution in [2.45, 2.75) is 6.92 Å². The third-order valence-electron chi connectivity index (χ3n) is 1.53. The maximum Gasteiger partial charge on any atom is 0.139 e. The van der Waals surface area contributed by atoms with Crippen molar-refractivity contribution in [3.05, 3.63) is 39.4 Å². The minimum atomic E-state index is 0.406. The van der Waals surface area contributed by atoms with E-state index in [0.29, 0.717) is 22.4 Å². The summed E-state index contributed by atoms with van der Waals surface area (Å²) >= 11 is 17.2. The highest BCUT2D eigenvalue weighted by atomic mass is 35.5. The second kappa shape index (κ2) is 5.50. The summed E-state index contributed by atoms with van der Waals surface area (Å²) in [5.74, 6) is 0.567. The molecular formula is C10H9Cl3O. The first kappa shape index (κ1) is 11.7. The Morgan fingerprint density at radius 3 is 2.79 bits per heavy atom. The standard InChI is InChI=1S/C10H9Cl3O/c1-7(5-11)6-14-10-4-8(12)2-3-9(10)13/h2-5H,6H2,1H3/b7-5-. The summed E-state index contributed by atoms with van der Waals surface area (Å²) in [5.41, 5.74) is 2.39. The van der Waals surface area contributed by atoms with Crippen LogP contribution in [0.3, 0.4) is 0 Å². The first-order valence-electron chi connectivity index (χ1n) is 3.97. The van der Waals surface area contributed by atoms with Crippen molar-refractivity contribution in [3.63, 3.8) is 0 Å². The predicted octanol–water partition coefficient (Wildman–Crippen LogP) is 4.51. The van der Waals surface area contributed by atoms with Gasteiger partial charge in [-0.15, -0.1) is 0 Å². The van der Waals surface area contributed by atoms with Crippen molar-refractivity contribution in [2.24, 2.45) is 0 Å². The predicted molar refractivity (Wildman–Crippen MR) is 61.6 cm³/mol. The Kier molecular flexibility index (Phi) is 4.59. The van der Waals surface area contributed by atoms with Gasteiger partial charge in [-0.1, -0.05) is 34.8 Å². The Balaban J connectivity index is 2.71. The highest BCUT2D eigenvalue weighted by Crippen LogP contribution is 2.27. The van der Waals surface area contributed by atoms with E-state index < -0.39 is 0 Å². The molecule has 0 saturated heterocycles. The molecule has 0 fully saturated rings. The Morgan fingerprint density at radius 2 is 2.14 bits per heavy atom. The highest BCUT2D eigenvalue weighted by Gasteiger charge is 2.02. The molecule has 0 aliphatic rings. The molecule has 0 aromatic heterocycles. The van der Waals surface area contributed by atoms with Crippen molar-refractivity contribution in [1.82, 2.24) is 0 Å². The summed E-state index contributed by atoms with van der Waals surface area (Å²) in [6, 6.07) is 5.07. The van der Waals surface area contributed by atoms with Crippen LogP contribution in [0.5, 0.6) is 5.75 Å². The van der Waals surface area contributed by atoms with Gasteiger partial charge in [0.1, 0.15) is 12.4 Å². The van der Waals surface area contributed by atoms with Gasteiger partial charge in [-0.05, 0) is 24.6 Å². The molecule has 0 amide bonds. The van der Waals surface area contributed by atoms with Gasteiger partial charge in [-0.2, -0.15) is 0 Å². The van der Waals surface area contributed by atoms with E-state index >= 15 is 0 Å². The van der Waals surface area contributed by atoms with Crippen LogP contribution < -0.4 is 4.74 Å². The zero-order valence-electron chi connectivity index (χ0n) is 7.56. The van der Waals surface area contributed by atoms with Crippen LogP contribution in [-0.4, -0.2) is 6.61 Å². The van der Waals surface area contributed by atoms with E-state index in [2.05, 4.69) is 0 Å². The molecule has 1 aromatic carbocycles. The lowest BCUT2D eigenvalue weighted by Gasteiger charge is -2.07. The van der Waals surface area contributed by atoms with Crippen LogP contribution in [0.1, 0.15) is 6.92 Å². The Morgan fingerprint density at radius 1 is 1.43 bits per heavy atom. The zero-order chi connectivity index (χ0) is 10.6. The number of hydrogen-bond donors (Lipinski definition) is 0. The molecule has 0 bridgehead atoms. The molecule has 0 radical (unpaired) electrons. The second-order valence-electron chi connectivity index (χ2n) is 2.82. The van der Waals surface area contributed by atoms with Crippen LogP contribution in [0.4, 0.5) is 0 Å². The minimum Gasteiger partial charge on any atom is -0.488 e. The SMILES string of the molecule is C/C(=C/Cl)COc1cc(Cl)ccc1Cl. The molecule has 0 unspecified atom stereocenters. The van der Waals surface area contributed by atoms with Crippen molar-refractivity contribution in [2.75, 3.05) is 6.61 Å². The molecule has 4 heteroatoms. The van der Waals surface area contributed by atoms with Gasteiger partial charge in [-0.3, -0.25) is 0 Å². The smallest absolute Gasteiger partial charge is 0.139 e. The molecule has 1 aromatic rings. The molecule has 0 N–H and O–H groups in total. The van der Waals surface area contributed by atoms with Crippen LogP contribution in [0.2, 0.25) is 10.0 Å². The lowest BCUT2D eigenvalue weighted by molar-refractivity contribution is 0.352. The van der Waals surface area contributed by atoms with Crippen LogP contribution in [0, 0.1) is 0 Å². The van der Waals surface area contributed by atoms with Gasteiger partial charge < -0.3 is 4.74 Å². The van der Waals surface area contributed by atoms with E-state index in [1.807, 2.05) is 6.92 Å². The Hall–Kier alpha value is -0.370. The summed E-state index contributed by atoms with van der Waals surface area (Å²) in [6.45, 7) is 2.27. The summed E-state index contributed by atoms with van der Waals surface area (Å²) in [4.78, 5) is 0. The van der Waals surface area contributed by atoms with E-state index in [1.165, 1.54) is 5.54 Å². The first-order chi connectivity index (χ1) is 6.63. The van der Waals surface area contributed by atoms with Crippen LogP contribution in [0.25, 0.3) is 0 Å². The van der Waals surface area contributed by atoms with Crippen molar-refractivity contribution < 1.29 is 4.74 Å². The van der Waals surface area contributed by atoms with Crippen molar-refractivity contribution in [1.29, 1.82) is 0 Å². The van der Waals surface area contributed by atoms with E-state index in [4.69, 9.17) is 39.5 Å². The van der Waals surface area contributed by atoms with Gasteiger partial charge in [0.2, 0.25) is 0 Å². The molecule has 0 spiro atoms. The monoisotopic (exact) mass is 250 g/mol. The van der Waals surface area contributed by atoms with E-state index in [0.717, 1.165) is 5.57 Å². The number of rotatable bonds is 3. The number of benzene rings is 1. The molecule has 0 atom stereocenters. The first-order valence-corrected chi connectivity index (χ1v) is 5.16. The molecular weight excluding hydrogens is 242 g/mol. The lowest BCUT2D eigenvalue weighted by atomic mass is 10.3. The molecule has 1 rings (SSSR count). The summed E-state index contributed by atoms with van der Waals surface area (Å²) in [7, 11) is 0. The average Bonchev–Trinajstić information content (AvgIpc) is 2.19. The quantitative estimate of drug-likeness (QED) is 0.768. The van der Waals surface area contributed by atoms with E-state index in [-0.39, 0.29) is 0 Å². The minimum absolute atomic E-state index is 0.406. The molecule has 0 saturated carbocycles.